The number of Topliss-reactive ketones (excluding diaryl/α,β-unsaturated/α-hetero) is 1. The third kappa shape index (κ3) is 3.87. The number of hydrogen-bond acceptors (Lipinski definition) is 7. The number of carbonyl (C=O) groups excluding carboxylic acids is 2. The summed E-state index contributed by atoms with van der Waals surface area (Å²) in [5, 5.41) is 15.9. The van der Waals surface area contributed by atoms with Crippen molar-refractivity contribution in [1.82, 2.24) is 24.8 Å². The summed E-state index contributed by atoms with van der Waals surface area (Å²) < 4.78 is 1.52. The number of hydrogen-bond donors (Lipinski definition) is 1. The van der Waals surface area contributed by atoms with Crippen molar-refractivity contribution in [3.63, 3.8) is 0 Å². The number of nitrogens with zero attached hydrogens (tertiary/aromatic N) is 5. The Balaban J connectivity index is 1.37. The quantitative estimate of drug-likeness (QED) is 0.518. The first-order valence-corrected chi connectivity index (χ1v) is 9.03. The molecule has 3 heterocycles. The summed E-state index contributed by atoms with van der Waals surface area (Å²) in [5.74, 6) is -0.336. The molecule has 0 aliphatic rings. The second kappa shape index (κ2) is 7.42. The Kier molecular flexibility index (Phi) is 4.67. The highest BCUT2D eigenvalue weighted by atomic mass is 32.1. The maximum Gasteiger partial charge on any atom is 0.278 e. The smallest absolute Gasteiger partial charge is 0.278 e. The van der Waals surface area contributed by atoms with E-state index in [0.717, 1.165) is 0 Å². The molecule has 4 aromatic rings. The van der Waals surface area contributed by atoms with E-state index in [9.17, 15) is 9.59 Å². The van der Waals surface area contributed by atoms with Crippen LogP contribution in [-0.4, -0.2) is 36.5 Å². The maximum atomic E-state index is 12.3. The molecule has 0 saturated carbocycles. The Bertz CT molecular complexity index is 1070. The second-order valence-corrected chi connectivity index (χ2v) is 6.76. The largest absolute Gasteiger partial charge is 0.295 e. The lowest BCUT2D eigenvalue weighted by molar-refractivity contribution is 0.0981. The Hall–Kier alpha value is -3.46. The Morgan fingerprint density at radius 2 is 1.96 bits per heavy atom. The Morgan fingerprint density at radius 3 is 2.78 bits per heavy atom. The van der Waals surface area contributed by atoms with E-state index in [1.165, 1.54) is 15.9 Å². The lowest BCUT2D eigenvalue weighted by atomic mass is 10.1. The van der Waals surface area contributed by atoms with Gasteiger partial charge in [-0.25, -0.2) is 9.50 Å². The molecule has 134 valence electrons. The van der Waals surface area contributed by atoms with E-state index in [1.54, 1.807) is 36.7 Å². The van der Waals surface area contributed by atoms with Crippen molar-refractivity contribution in [2.45, 2.75) is 12.8 Å². The van der Waals surface area contributed by atoms with Crippen molar-refractivity contribution in [1.29, 1.82) is 0 Å². The van der Waals surface area contributed by atoms with Gasteiger partial charge in [-0.15, -0.1) is 10.2 Å². The zero-order valence-corrected chi connectivity index (χ0v) is 14.9. The van der Waals surface area contributed by atoms with Crippen molar-refractivity contribution in [3.8, 4) is 0 Å². The normalized spacial score (nSPS) is 10.8. The standard InChI is InChI=1S/C18H14N6O2S/c25-14(12-5-2-1-3-6-12)7-8-16-21-22-18(27-16)20-17(26)13-11-15-19-9-4-10-24(15)23-13/h1-6,9-11H,7-8H2,(H,20,22,26). The Morgan fingerprint density at radius 1 is 1.11 bits per heavy atom. The van der Waals surface area contributed by atoms with Crippen LogP contribution in [0.3, 0.4) is 0 Å². The highest BCUT2D eigenvalue weighted by molar-refractivity contribution is 7.15. The first-order valence-electron chi connectivity index (χ1n) is 8.21. The summed E-state index contributed by atoms with van der Waals surface area (Å²) in [5.41, 5.74) is 1.50. The van der Waals surface area contributed by atoms with Crippen LogP contribution in [-0.2, 0) is 6.42 Å². The van der Waals surface area contributed by atoms with Gasteiger partial charge in [-0.05, 0) is 6.07 Å². The minimum absolute atomic E-state index is 0.0496. The van der Waals surface area contributed by atoms with E-state index in [2.05, 4.69) is 25.6 Å². The van der Waals surface area contributed by atoms with E-state index in [0.29, 0.717) is 34.2 Å². The number of aromatic nitrogens is 5. The molecule has 0 aliphatic carbocycles. The fourth-order valence-electron chi connectivity index (χ4n) is 2.50. The molecule has 0 radical (unpaired) electrons. The number of aryl methyl sites for hydroxylation is 1. The summed E-state index contributed by atoms with van der Waals surface area (Å²) in [4.78, 5) is 28.6. The first-order chi connectivity index (χ1) is 13.2. The molecule has 1 amide bonds. The van der Waals surface area contributed by atoms with Crippen LogP contribution < -0.4 is 5.32 Å². The lowest BCUT2D eigenvalue weighted by Crippen LogP contribution is -2.12. The molecule has 0 saturated heterocycles. The van der Waals surface area contributed by atoms with Crippen LogP contribution in [0.2, 0.25) is 0 Å². The van der Waals surface area contributed by atoms with Gasteiger partial charge in [0.25, 0.3) is 5.91 Å². The predicted octanol–water partition coefficient (Wildman–Crippen LogP) is 2.65. The monoisotopic (exact) mass is 378 g/mol. The molecule has 0 atom stereocenters. The van der Waals surface area contributed by atoms with E-state index >= 15 is 0 Å². The average molecular weight is 378 g/mol. The minimum atomic E-state index is -0.386. The fraction of sp³-hybridized carbons (Fsp3) is 0.111. The zero-order valence-electron chi connectivity index (χ0n) is 14.1. The number of nitrogens with one attached hydrogen (secondary N) is 1. The molecule has 1 aromatic carbocycles. The fourth-order valence-corrected chi connectivity index (χ4v) is 3.23. The van der Waals surface area contributed by atoms with Gasteiger partial charge in [0, 0.05) is 36.9 Å². The predicted molar refractivity (Wildman–Crippen MR) is 99.9 cm³/mol. The summed E-state index contributed by atoms with van der Waals surface area (Å²) in [6.45, 7) is 0. The highest BCUT2D eigenvalue weighted by Gasteiger charge is 2.15. The van der Waals surface area contributed by atoms with Crippen LogP contribution in [0.4, 0.5) is 5.13 Å². The average Bonchev–Trinajstić information content (AvgIpc) is 3.33. The molecule has 4 rings (SSSR count). The van der Waals surface area contributed by atoms with E-state index in [4.69, 9.17) is 0 Å². The SMILES string of the molecule is O=C(CCc1nnc(NC(=O)c2cc3ncccn3n2)s1)c1ccccc1. The molecule has 9 heteroatoms. The molecule has 27 heavy (non-hydrogen) atoms. The van der Waals surface area contributed by atoms with Gasteiger partial charge in [0.2, 0.25) is 5.13 Å². The van der Waals surface area contributed by atoms with E-state index in [1.807, 2.05) is 18.2 Å². The number of ketones is 1. The van der Waals surface area contributed by atoms with Crippen LogP contribution in [0.1, 0.15) is 32.3 Å². The summed E-state index contributed by atoms with van der Waals surface area (Å²) in [7, 11) is 0. The van der Waals surface area contributed by atoms with Crippen molar-refractivity contribution >= 4 is 33.8 Å². The van der Waals surface area contributed by atoms with Gasteiger partial charge < -0.3 is 0 Å². The van der Waals surface area contributed by atoms with E-state index < -0.39 is 0 Å². The number of fused-ring (bicyclic) bond motifs is 1. The number of benzene rings is 1. The molecular weight excluding hydrogens is 364 g/mol. The minimum Gasteiger partial charge on any atom is -0.295 e. The second-order valence-electron chi connectivity index (χ2n) is 5.70. The molecule has 0 fully saturated rings. The lowest BCUT2D eigenvalue weighted by Gasteiger charge is -1.98. The summed E-state index contributed by atoms with van der Waals surface area (Å²) in [6.07, 6.45) is 4.16. The topological polar surface area (TPSA) is 102 Å². The van der Waals surface area contributed by atoms with Gasteiger partial charge in [0.15, 0.2) is 17.1 Å². The van der Waals surface area contributed by atoms with Crippen LogP contribution in [0.5, 0.6) is 0 Å². The third-order valence-corrected chi connectivity index (χ3v) is 4.72. The summed E-state index contributed by atoms with van der Waals surface area (Å²) in [6, 6.07) is 12.4. The molecular formula is C18H14N6O2S. The van der Waals surface area contributed by atoms with Crippen molar-refractivity contribution < 1.29 is 9.59 Å². The van der Waals surface area contributed by atoms with Crippen molar-refractivity contribution in [2.24, 2.45) is 0 Å². The van der Waals surface area contributed by atoms with Crippen LogP contribution in [0.25, 0.3) is 5.65 Å². The Labute approximate surface area is 157 Å². The third-order valence-electron chi connectivity index (χ3n) is 3.82. The molecule has 0 spiro atoms. The van der Waals surface area contributed by atoms with Gasteiger partial charge >= 0.3 is 0 Å². The summed E-state index contributed by atoms with van der Waals surface area (Å²) >= 11 is 1.24. The molecule has 8 nitrogen and oxygen atoms in total. The van der Waals surface area contributed by atoms with Gasteiger partial charge in [0.05, 0.1) is 0 Å². The molecule has 0 bridgehead atoms. The van der Waals surface area contributed by atoms with Gasteiger partial charge in [0.1, 0.15) is 5.01 Å². The maximum absolute atomic E-state index is 12.3. The number of anilines is 1. The molecule has 3 aromatic heterocycles. The van der Waals surface area contributed by atoms with E-state index in [-0.39, 0.29) is 17.4 Å². The number of carbonyl (C=O) groups is 2. The zero-order chi connectivity index (χ0) is 18.6. The highest BCUT2D eigenvalue weighted by Crippen LogP contribution is 2.18. The van der Waals surface area contributed by atoms with Crippen molar-refractivity contribution in [2.75, 3.05) is 5.32 Å². The number of rotatable bonds is 6. The van der Waals surface area contributed by atoms with Gasteiger partial charge in [-0.3, -0.25) is 14.9 Å². The first kappa shape index (κ1) is 17.0. The molecule has 0 unspecified atom stereocenters. The van der Waals surface area contributed by atoms with Crippen molar-refractivity contribution in [3.05, 3.63) is 71.1 Å². The molecule has 1 N–H and O–H groups in total. The molecule has 0 aliphatic heterocycles. The van der Waals surface area contributed by atoms with Crippen LogP contribution in [0.15, 0.2) is 54.9 Å². The van der Waals surface area contributed by atoms with Crippen LogP contribution in [0, 0.1) is 0 Å². The van der Waals surface area contributed by atoms with Gasteiger partial charge in [-0.2, -0.15) is 5.10 Å². The number of amides is 1. The van der Waals surface area contributed by atoms with Crippen LogP contribution >= 0.6 is 11.3 Å². The van der Waals surface area contributed by atoms with Gasteiger partial charge in [-0.1, -0.05) is 41.7 Å².